The van der Waals surface area contributed by atoms with Crippen molar-refractivity contribution < 1.29 is 92.5 Å². The van der Waals surface area contributed by atoms with Gasteiger partial charge >= 0.3 is 58.2 Å². The number of halogens is 1. The van der Waals surface area contributed by atoms with Gasteiger partial charge in [-0.1, -0.05) is 0 Å². The molecular weight excluding hydrogens is 185 g/mol. The van der Waals surface area contributed by atoms with Gasteiger partial charge in [0.15, 0.2) is 0 Å². The largest absolute Gasteiger partial charge is 1.00 e. The zero-order chi connectivity index (χ0) is 0. The normalized spacial score (nSPS) is 0. The van der Waals surface area contributed by atoms with Crippen LogP contribution in [0.2, 0.25) is 0 Å². The van der Waals surface area contributed by atoms with Crippen LogP contribution in [0.4, 0.5) is 0 Å². The number of hydrogen-bond acceptors (Lipinski definition) is 0. The van der Waals surface area contributed by atoms with Crippen molar-refractivity contribution in [3.63, 3.8) is 0 Å². The fourth-order valence-corrected chi connectivity index (χ4v) is 0. The molecule has 0 radical (unpaired) electrons. The maximum Gasteiger partial charge on any atom is 1.00 e. The first-order valence-corrected chi connectivity index (χ1v) is 0. The maximum atomic E-state index is 0. The fourth-order valence-electron chi connectivity index (χ4n) is 0. The predicted octanol–water partition coefficient (Wildman–Crippen LogP) is -9.29. The van der Waals surface area contributed by atoms with Crippen molar-refractivity contribution in [1.82, 2.24) is 0 Å². The van der Waals surface area contributed by atoms with Gasteiger partial charge < -0.3 is 34.3 Å². The van der Waals surface area contributed by atoms with E-state index in [1.807, 2.05) is 0 Å². The van der Waals surface area contributed by atoms with Crippen molar-refractivity contribution in [2.45, 2.75) is 0 Å². The zero-order valence-corrected chi connectivity index (χ0v) is 9.05. The van der Waals surface area contributed by atoms with Gasteiger partial charge in [0.1, 0.15) is 0 Å². The minimum absolute atomic E-state index is 0. The van der Waals surface area contributed by atoms with E-state index >= 15 is 0 Å². The Morgan fingerprint density at radius 2 is 0.500 bits per heavy atom. The summed E-state index contributed by atoms with van der Waals surface area (Å²) in [6.07, 6.45) is 0. The Bertz CT molecular complexity index is 7.51. The molecule has 40 valence electrons. The van der Waals surface area contributed by atoms with Gasteiger partial charge in [-0.15, -0.1) is 0 Å². The van der Waals surface area contributed by atoms with E-state index in [2.05, 4.69) is 0 Å². The van der Waals surface area contributed by atoms with Crippen molar-refractivity contribution in [3.05, 3.63) is 0 Å². The number of rotatable bonds is 0. The summed E-state index contributed by atoms with van der Waals surface area (Å²) in [6.45, 7) is 0. The van der Waals surface area contributed by atoms with Gasteiger partial charge in [0.05, 0.1) is 0 Å². The molecule has 0 unspecified atom stereocenters. The summed E-state index contributed by atoms with van der Waals surface area (Å²) in [7, 11) is 0. The zero-order valence-electron chi connectivity index (χ0n) is 3.38. The van der Waals surface area contributed by atoms with E-state index in [-0.39, 0.29) is 92.5 Å². The molecular formula is H8ClO4Rb. The predicted molar refractivity (Wildman–Crippen MR) is 14.5 cm³/mol. The first kappa shape index (κ1) is 102. The first-order chi connectivity index (χ1) is 0. The van der Waals surface area contributed by atoms with E-state index < -0.39 is 0 Å². The molecule has 0 spiro atoms. The van der Waals surface area contributed by atoms with Crippen LogP contribution >= 0.6 is 0 Å². The topological polar surface area (TPSA) is 126 Å². The van der Waals surface area contributed by atoms with Gasteiger partial charge in [0, 0.05) is 0 Å². The fraction of sp³-hybridized carbons (Fsp3) is 0. The van der Waals surface area contributed by atoms with E-state index in [9.17, 15) is 0 Å². The second-order valence-electron chi connectivity index (χ2n) is 0. The van der Waals surface area contributed by atoms with Crippen LogP contribution in [-0.2, 0) is 0 Å². The Morgan fingerprint density at radius 3 is 0.500 bits per heavy atom. The molecule has 6 heteroatoms. The molecule has 0 aliphatic rings. The molecule has 0 aromatic heterocycles. The Labute approximate surface area is 90.7 Å². The Kier molecular flexibility index (Phi) is 1110. The third kappa shape index (κ3) is 38.6. The molecule has 0 heterocycles. The van der Waals surface area contributed by atoms with Crippen molar-refractivity contribution in [3.8, 4) is 0 Å². The summed E-state index contributed by atoms with van der Waals surface area (Å²) in [4.78, 5) is 0. The summed E-state index contributed by atoms with van der Waals surface area (Å²) in [5.74, 6) is 0. The Balaban J connectivity index is 0. The van der Waals surface area contributed by atoms with Crippen LogP contribution in [0.1, 0.15) is 0 Å². The van der Waals surface area contributed by atoms with Gasteiger partial charge in [-0.05, 0) is 0 Å². The summed E-state index contributed by atoms with van der Waals surface area (Å²) in [6, 6.07) is 0. The van der Waals surface area contributed by atoms with Crippen LogP contribution in [0, 0.1) is 0 Å². The second-order valence-corrected chi connectivity index (χ2v) is 0. The van der Waals surface area contributed by atoms with Gasteiger partial charge in [-0.3, -0.25) is 0 Å². The molecule has 4 nitrogen and oxygen atoms in total. The van der Waals surface area contributed by atoms with Crippen LogP contribution in [0.15, 0.2) is 0 Å². The molecule has 0 amide bonds. The SMILES string of the molecule is O.O.O.O.[Cl-].[Rb+]. The quantitative estimate of drug-likeness (QED) is 0.362. The van der Waals surface area contributed by atoms with Crippen molar-refractivity contribution >= 4 is 0 Å². The molecule has 0 fully saturated rings. The van der Waals surface area contributed by atoms with Crippen molar-refractivity contribution in [2.75, 3.05) is 0 Å². The standard InChI is InChI=1S/ClH.4H2O.Rb/h1H;4*1H2;/q;;;;;+1/p-1. The van der Waals surface area contributed by atoms with E-state index in [0.29, 0.717) is 0 Å². The van der Waals surface area contributed by atoms with Gasteiger partial charge in [-0.2, -0.15) is 0 Å². The smallest absolute Gasteiger partial charge is 1.00 e. The second kappa shape index (κ2) is 65.2. The molecule has 0 aliphatic heterocycles. The third-order valence-electron chi connectivity index (χ3n) is 0. The van der Waals surface area contributed by atoms with E-state index in [1.54, 1.807) is 0 Å². The molecule has 6 heavy (non-hydrogen) atoms. The first-order valence-electron chi connectivity index (χ1n) is 0. The monoisotopic (exact) mass is 192 g/mol. The average molecular weight is 193 g/mol. The van der Waals surface area contributed by atoms with Gasteiger partial charge in [0.25, 0.3) is 0 Å². The van der Waals surface area contributed by atoms with Crippen LogP contribution in [0.3, 0.4) is 0 Å². The van der Waals surface area contributed by atoms with Crippen molar-refractivity contribution in [1.29, 1.82) is 0 Å². The van der Waals surface area contributed by atoms with Crippen molar-refractivity contribution in [2.24, 2.45) is 0 Å². The van der Waals surface area contributed by atoms with Crippen LogP contribution < -0.4 is 70.6 Å². The third-order valence-corrected chi connectivity index (χ3v) is 0. The minimum atomic E-state index is 0. The van der Waals surface area contributed by atoms with Crippen LogP contribution in [0.5, 0.6) is 0 Å². The van der Waals surface area contributed by atoms with Gasteiger partial charge in [-0.25, -0.2) is 0 Å². The molecule has 0 saturated carbocycles. The Morgan fingerprint density at radius 1 is 0.500 bits per heavy atom. The van der Waals surface area contributed by atoms with E-state index in [0.717, 1.165) is 0 Å². The molecule has 0 rings (SSSR count). The van der Waals surface area contributed by atoms with E-state index in [4.69, 9.17) is 0 Å². The van der Waals surface area contributed by atoms with Crippen LogP contribution in [0.25, 0.3) is 0 Å². The average Bonchev–Trinajstić information content (AvgIpc) is 0. The summed E-state index contributed by atoms with van der Waals surface area (Å²) < 4.78 is 0. The molecule has 0 aromatic rings. The Hall–Kier alpha value is 1.94. The molecule has 0 aromatic carbocycles. The molecule has 0 bridgehead atoms. The maximum absolute atomic E-state index is 0. The van der Waals surface area contributed by atoms with Crippen LogP contribution in [-0.4, -0.2) is 21.9 Å². The van der Waals surface area contributed by atoms with Gasteiger partial charge in [0.2, 0.25) is 0 Å². The minimum Gasteiger partial charge on any atom is -1.00 e. The number of hydrogen-bond donors (Lipinski definition) is 0. The summed E-state index contributed by atoms with van der Waals surface area (Å²) >= 11 is 0. The summed E-state index contributed by atoms with van der Waals surface area (Å²) in [5, 5.41) is 0. The molecule has 8 N–H and O–H groups in total. The van der Waals surface area contributed by atoms with E-state index in [1.165, 1.54) is 0 Å². The molecule has 0 aliphatic carbocycles. The summed E-state index contributed by atoms with van der Waals surface area (Å²) in [5.41, 5.74) is 0. The molecule has 0 saturated heterocycles. The molecule has 0 atom stereocenters.